The number of thiazole rings is 1. The summed E-state index contributed by atoms with van der Waals surface area (Å²) in [7, 11) is 0. The molecule has 0 saturated heterocycles. The van der Waals surface area contributed by atoms with Gasteiger partial charge in [-0.25, -0.2) is 4.79 Å². The lowest BCUT2D eigenvalue weighted by atomic mass is 10.3. The van der Waals surface area contributed by atoms with Crippen molar-refractivity contribution in [3.8, 4) is 0 Å². The predicted octanol–water partition coefficient (Wildman–Crippen LogP) is 2.69. The SMILES string of the molecule is CCCC[n+]1c(C(=O)O)sc2ccccc21. The summed E-state index contributed by atoms with van der Waals surface area (Å²) in [6.45, 7) is 2.89. The van der Waals surface area contributed by atoms with E-state index in [1.807, 2.05) is 28.8 Å². The predicted molar refractivity (Wildman–Crippen MR) is 63.9 cm³/mol. The molecule has 0 atom stereocenters. The highest BCUT2D eigenvalue weighted by molar-refractivity contribution is 7.19. The van der Waals surface area contributed by atoms with Crippen LogP contribution in [0.15, 0.2) is 24.3 Å². The van der Waals surface area contributed by atoms with Gasteiger partial charge in [-0.3, -0.25) is 0 Å². The lowest BCUT2D eigenvalue weighted by Crippen LogP contribution is -2.38. The number of aromatic carboxylic acids is 1. The third-order valence-electron chi connectivity index (χ3n) is 2.53. The van der Waals surface area contributed by atoms with Crippen molar-refractivity contribution in [2.24, 2.45) is 0 Å². The van der Waals surface area contributed by atoms with Crippen molar-refractivity contribution in [1.82, 2.24) is 0 Å². The number of fused-ring (bicyclic) bond motifs is 1. The number of aryl methyl sites for hydroxylation is 1. The summed E-state index contributed by atoms with van der Waals surface area (Å²) in [4.78, 5) is 11.1. The van der Waals surface area contributed by atoms with E-state index in [1.54, 1.807) is 0 Å². The Kier molecular flexibility index (Phi) is 3.19. The first-order valence-corrected chi connectivity index (χ1v) is 6.20. The molecule has 0 spiro atoms. The smallest absolute Gasteiger partial charge is 0.412 e. The molecule has 0 aliphatic carbocycles. The summed E-state index contributed by atoms with van der Waals surface area (Å²) < 4.78 is 2.95. The number of carbonyl (C=O) groups is 1. The second kappa shape index (κ2) is 4.61. The van der Waals surface area contributed by atoms with E-state index in [0.717, 1.165) is 29.6 Å². The quantitative estimate of drug-likeness (QED) is 0.829. The van der Waals surface area contributed by atoms with Crippen LogP contribution in [0, 0.1) is 0 Å². The fraction of sp³-hybridized carbons (Fsp3) is 0.333. The molecule has 4 heteroatoms. The molecule has 3 nitrogen and oxygen atoms in total. The van der Waals surface area contributed by atoms with Gasteiger partial charge < -0.3 is 5.11 Å². The van der Waals surface area contributed by atoms with Crippen LogP contribution >= 0.6 is 11.3 Å². The third kappa shape index (κ3) is 1.93. The molecular weight excluding hydrogens is 222 g/mol. The van der Waals surface area contributed by atoms with Crippen molar-refractivity contribution in [3.63, 3.8) is 0 Å². The Morgan fingerprint density at radius 2 is 2.19 bits per heavy atom. The molecule has 0 radical (unpaired) electrons. The molecule has 0 fully saturated rings. The van der Waals surface area contributed by atoms with Gasteiger partial charge in [0.25, 0.3) is 0 Å². The Balaban J connectivity index is 2.55. The molecule has 1 aromatic heterocycles. The van der Waals surface area contributed by atoms with Crippen LogP contribution in [0.1, 0.15) is 29.6 Å². The summed E-state index contributed by atoms with van der Waals surface area (Å²) in [5.74, 6) is -0.836. The number of hydrogen-bond donors (Lipinski definition) is 1. The number of benzene rings is 1. The number of rotatable bonds is 4. The van der Waals surface area contributed by atoms with Crippen molar-refractivity contribution >= 4 is 27.5 Å². The molecular formula is C12H14NO2S+. The van der Waals surface area contributed by atoms with E-state index >= 15 is 0 Å². The maximum Gasteiger partial charge on any atom is 0.412 e. The monoisotopic (exact) mass is 236 g/mol. The molecule has 1 aromatic carbocycles. The maximum atomic E-state index is 11.1. The van der Waals surface area contributed by atoms with Crippen molar-refractivity contribution in [3.05, 3.63) is 29.3 Å². The van der Waals surface area contributed by atoms with Crippen LogP contribution in [0.25, 0.3) is 10.2 Å². The van der Waals surface area contributed by atoms with Gasteiger partial charge in [0.15, 0.2) is 6.54 Å². The highest BCUT2D eigenvalue weighted by Crippen LogP contribution is 2.20. The summed E-state index contributed by atoms with van der Waals surface area (Å²) in [6.07, 6.45) is 2.07. The fourth-order valence-corrected chi connectivity index (χ4v) is 2.76. The molecule has 0 saturated carbocycles. The van der Waals surface area contributed by atoms with Crippen LogP contribution in [0.2, 0.25) is 0 Å². The maximum absolute atomic E-state index is 11.1. The van der Waals surface area contributed by atoms with Gasteiger partial charge in [0.1, 0.15) is 4.70 Å². The summed E-state index contributed by atoms with van der Waals surface area (Å²) >= 11 is 1.35. The van der Waals surface area contributed by atoms with Gasteiger partial charge in [-0.05, 0) is 6.07 Å². The van der Waals surface area contributed by atoms with Gasteiger partial charge in [0.05, 0.1) is 0 Å². The minimum Gasteiger partial charge on any atom is -0.473 e. The molecule has 0 bridgehead atoms. The van der Waals surface area contributed by atoms with Crippen LogP contribution in [-0.2, 0) is 6.54 Å². The first-order valence-electron chi connectivity index (χ1n) is 5.38. The Morgan fingerprint density at radius 1 is 1.44 bits per heavy atom. The van der Waals surface area contributed by atoms with E-state index in [2.05, 4.69) is 6.92 Å². The lowest BCUT2D eigenvalue weighted by molar-refractivity contribution is -0.669. The van der Waals surface area contributed by atoms with E-state index in [0.29, 0.717) is 5.01 Å². The highest BCUT2D eigenvalue weighted by Gasteiger charge is 2.25. The zero-order chi connectivity index (χ0) is 11.5. The van der Waals surface area contributed by atoms with E-state index < -0.39 is 5.97 Å². The number of aromatic nitrogens is 1. The average Bonchev–Trinajstić information content (AvgIpc) is 2.65. The molecule has 2 rings (SSSR count). The van der Waals surface area contributed by atoms with E-state index in [4.69, 9.17) is 5.11 Å². The van der Waals surface area contributed by atoms with Crippen LogP contribution in [0.4, 0.5) is 0 Å². The van der Waals surface area contributed by atoms with E-state index in [1.165, 1.54) is 11.3 Å². The van der Waals surface area contributed by atoms with Crippen molar-refractivity contribution in [2.75, 3.05) is 0 Å². The zero-order valence-electron chi connectivity index (χ0n) is 9.14. The molecule has 2 aromatic rings. The molecule has 0 amide bonds. The topological polar surface area (TPSA) is 41.2 Å². The molecule has 84 valence electrons. The van der Waals surface area contributed by atoms with Crippen molar-refractivity contribution in [2.45, 2.75) is 26.3 Å². The molecule has 0 aliphatic rings. The fourth-order valence-electron chi connectivity index (χ4n) is 1.73. The van der Waals surface area contributed by atoms with Gasteiger partial charge >= 0.3 is 11.0 Å². The molecule has 0 unspecified atom stereocenters. The number of para-hydroxylation sites is 1. The largest absolute Gasteiger partial charge is 0.473 e. The van der Waals surface area contributed by atoms with Crippen LogP contribution in [-0.4, -0.2) is 11.1 Å². The minimum atomic E-state index is -0.836. The highest BCUT2D eigenvalue weighted by atomic mass is 32.1. The average molecular weight is 236 g/mol. The normalized spacial score (nSPS) is 10.8. The lowest BCUT2D eigenvalue weighted by Gasteiger charge is -1.94. The molecule has 1 heterocycles. The Hall–Kier alpha value is -1.42. The summed E-state index contributed by atoms with van der Waals surface area (Å²) in [6, 6.07) is 7.83. The summed E-state index contributed by atoms with van der Waals surface area (Å²) in [5.41, 5.74) is 1.03. The molecule has 1 N–H and O–H groups in total. The number of carboxylic acids is 1. The van der Waals surface area contributed by atoms with Crippen LogP contribution in [0.3, 0.4) is 0 Å². The van der Waals surface area contributed by atoms with Gasteiger partial charge in [0.2, 0.25) is 5.52 Å². The number of hydrogen-bond acceptors (Lipinski definition) is 2. The molecule has 0 aliphatic heterocycles. The Bertz CT molecular complexity index is 519. The van der Waals surface area contributed by atoms with E-state index in [9.17, 15) is 4.79 Å². The second-order valence-corrected chi connectivity index (χ2v) is 4.72. The number of nitrogens with zero attached hydrogens (tertiary/aromatic N) is 1. The van der Waals surface area contributed by atoms with E-state index in [-0.39, 0.29) is 0 Å². The van der Waals surface area contributed by atoms with Crippen molar-refractivity contribution in [1.29, 1.82) is 0 Å². The van der Waals surface area contributed by atoms with Gasteiger partial charge in [0, 0.05) is 12.5 Å². The standard InChI is InChI=1S/C12H13NO2S/c1-2-3-8-13-9-6-4-5-7-10(9)16-11(13)12(14)15/h4-7H,2-3,8H2,1H3/p+1. The second-order valence-electron chi connectivity index (χ2n) is 3.69. The van der Waals surface area contributed by atoms with Gasteiger partial charge in [-0.15, -0.1) is 0 Å². The number of carboxylic acid groups (broad SMARTS) is 1. The van der Waals surface area contributed by atoms with Gasteiger partial charge in [-0.2, -0.15) is 4.57 Å². The van der Waals surface area contributed by atoms with Crippen LogP contribution in [0.5, 0.6) is 0 Å². The van der Waals surface area contributed by atoms with Crippen molar-refractivity contribution < 1.29 is 14.5 Å². The Labute approximate surface area is 98.0 Å². The molecule has 16 heavy (non-hydrogen) atoms. The first-order chi connectivity index (χ1) is 7.74. The number of unbranched alkanes of at least 4 members (excludes halogenated alkanes) is 1. The first kappa shape index (κ1) is 11.1. The van der Waals surface area contributed by atoms with Crippen LogP contribution < -0.4 is 4.57 Å². The Morgan fingerprint density at radius 3 is 2.88 bits per heavy atom. The van der Waals surface area contributed by atoms with Gasteiger partial charge in [-0.1, -0.05) is 36.8 Å². The third-order valence-corrected chi connectivity index (χ3v) is 3.68. The zero-order valence-corrected chi connectivity index (χ0v) is 9.96. The minimum absolute atomic E-state index is 0.426. The summed E-state index contributed by atoms with van der Waals surface area (Å²) in [5, 5.41) is 9.58.